The van der Waals surface area contributed by atoms with E-state index in [2.05, 4.69) is 15.6 Å². The number of aromatic nitrogens is 3. The average Bonchev–Trinajstić information content (AvgIpc) is 3.18. The van der Waals surface area contributed by atoms with Crippen LogP contribution in [0.3, 0.4) is 0 Å². The van der Waals surface area contributed by atoms with E-state index in [4.69, 9.17) is 0 Å². The van der Waals surface area contributed by atoms with E-state index in [0.29, 0.717) is 5.69 Å². The minimum Gasteiger partial charge on any atom is -0.328 e. The maximum atomic E-state index is 13.2. The maximum absolute atomic E-state index is 13.2. The lowest BCUT2D eigenvalue weighted by atomic mass is 10.1. The van der Waals surface area contributed by atoms with E-state index in [0.717, 1.165) is 17.0 Å². The van der Waals surface area contributed by atoms with E-state index in [9.17, 15) is 32.9 Å². The topological polar surface area (TPSA) is 123 Å². The summed E-state index contributed by atoms with van der Waals surface area (Å²) in [6.07, 6.45) is -4.66. The first-order chi connectivity index (χ1) is 16.0. The number of amides is 2. The second kappa shape index (κ2) is 9.68. The number of para-hydroxylation sites is 1. The summed E-state index contributed by atoms with van der Waals surface area (Å²) in [5.41, 5.74) is -1.12. The molecule has 0 unspecified atom stereocenters. The van der Waals surface area contributed by atoms with Gasteiger partial charge in [-0.25, -0.2) is 4.68 Å². The largest absolute Gasteiger partial charge is 0.418 e. The van der Waals surface area contributed by atoms with E-state index < -0.39 is 40.7 Å². The Morgan fingerprint density at radius 2 is 1.88 bits per heavy atom. The van der Waals surface area contributed by atoms with E-state index in [-0.39, 0.29) is 23.6 Å². The molecule has 2 aromatic carbocycles. The molecule has 13 heteroatoms. The van der Waals surface area contributed by atoms with Crippen molar-refractivity contribution in [3.8, 4) is 5.69 Å². The van der Waals surface area contributed by atoms with E-state index in [1.807, 2.05) is 0 Å². The van der Waals surface area contributed by atoms with Crippen LogP contribution in [0.1, 0.15) is 28.7 Å². The Morgan fingerprint density at radius 1 is 1.18 bits per heavy atom. The summed E-state index contributed by atoms with van der Waals surface area (Å²) in [4.78, 5) is 36.9. The number of nitro groups is 1. The molecule has 0 fully saturated rings. The number of hydrogen-bond acceptors (Lipinski definition) is 6. The SMILES string of the molecule is CCN(CC(=O)Nc1ccccc1C(F)(F)F)C(=O)c1nnn(-c2cccc([N+](=O)[O-])c2)c1C. The smallest absolute Gasteiger partial charge is 0.328 e. The molecule has 0 bridgehead atoms. The molecule has 0 aliphatic heterocycles. The Hall–Kier alpha value is -4.29. The normalized spacial score (nSPS) is 11.2. The van der Waals surface area contributed by atoms with Crippen LogP contribution in [0.25, 0.3) is 5.69 Å². The molecule has 0 radical (unpaired) electrons. The minimum atomic E-state index is -4.66. The van der Waals surface area contributed by atoms with Gasteiger partial charge in [0.1, 0.15) is 6.54 Å². The Kier molecular flexibility index (Phi) is 6.94. The van der Waals surface area contributed by atoms with Gasteiger partial charge in [0.05, 0.1) is 27.6 Å². The van der Waals surface area contributed by atoms with E-state index in [1.54, 1.807) is 13.0 Å². The van der Waals surface area contributed by atoms with Crippen LogP contribution in [0, 0.1) is 17.0 Å². The van der Waals surface area contributed by atoms with Crippen molar-refractivity contribution in [3.05, 3.63) is 75.6 Å². The van der Waals surface area contributed by atoms with Crippen LogP contribution in [0.4, 0.5) is 24.5 Å². The van der Waals surface area contributed by atoms with Crippen molar-refractivity contribution in [2.24, 2.45) is 0 Å². The third-order valence-corrected chi connectivity index (χ3v) is 4.89. The number of nitro benzene ring substituents is 1. The van der Waals surface area contributed by atoms with Crippen molar-refractivity contribution in [1.82, 2.24) is 19.9 Å². The molecule has 1 N–H and O–H groups in total. The van der Waals surface area contributed by atoms with Crippen LogP contribution < -0.4 is 5.32 Å². The zero-order chi connectivity index (χ0) is 25.0. The van der Waals surface area contributed by atoms with Crippen molar-refractivity contribution < 1.29 is 27.7 Å². The fourth-order valence-electron chi connectivity index (χ4n) is 3.19. The number of rotatable bonds is 7. The molecule has 1 aromatic heterocycles. The highest BCUT2D eigenvalue weighted by molar-refractivity contribution is 5.99. The summed E-state index contributed by atoms with van der Waals surface area (Å²) in [6.45, 7) is 2.66. The third-order valence-electron chi connectivity index (χ3n) is 4.89. The molecule has 0 saturated carbocycles. The number of nitrogens with one attached hydrogen (secondary N) is 1. The lowest BCUT2D eigenvalue weighted by molar-refractivity contribution is -0.384. The number of non-ortho nitro benzene ring substituents is 1. The molecule has 0 saturated heterocycles. The van der Waals surface area contributed by atoms with Crippen molar-refractivity contribution in [1.29, 1.82) is 0 Å². The van der Waals surface area contributed by atoms with Crippen LogP contribution in [-0.2, 0) is 11.0 Å². The summed E-state index contributed by atoms with van der Waals surface area (Å²) in [5, 5.41) is 20.9. The monoisotopic (exact) mass is 476 g/mol. The number of benzene rings is 2. The molecule has 178 valence electrons. The molecule has 0 aliphatic carbocycles. The zero-order valence-electron chi connectivity index (χ0n) is 18.0. The van der Waals surface area contributed by atoms with Crippen molar-refractivity contribution in [2.45, 2.75) is 20.0 Å². The molecule has 34 heavy (non-hydrogen) atoms. The highest BCUT2D eigenvalue weighted by Crippen LogP contribution is 2.34. The van der Waals surface area contributed by atoms with Gasteiger partial charge in [0.15, 0.2) is 5.69 Å². The summed E-state index contributed by atoms with van der Waals surface area (Å²) in [6, 6.07) is 10.1. The molecule has 0 aliphatic rings. The van der Waals surface area contributed by atoms with Crippen LogP contribution in [0.5, 0.6) is 0 Å². The van der Waals surface area contributed by atoms with Gasteiger partial charge in [0.25, 0.3) is 11.6 Å². The number of likely N-dealkylation sites (N-methyl/N-ethyl adjacent to an activating group) is 1. The second-order valence-electron chi connectivity index (χ2n) is 7.12. The molecule has 3 rings (SSSR count). The lowest BCUT2D eigenvalue weighted by Crippen LogP contribution is -2.38. The fraction of sp³-hybridized carbons (Fsp3) is 0.238. The van der Waals surface area contributed by atoms with Gasteiger partial charge in [-0.15, -0.1) is 5.10 Å². The van der Waals surface area contributed by atoms with Gasteiger partial charge < -0.3 is 10.2 Å². The molecule has 2 amide bonds. The van der Waals surface area contributed by atoms with Crippen LogP contribution in [0.15, 0.2) is 48.5 Å². The zero-order valence-corrected chi connectivity index (χ0v) is 18.0. The molecular weight excluding hydrogens is 457 g/mol. The molecule has 0 atom stereocenters. The number of hydrogen-bond donors (Lipinski definition) is 1. The van der Waals surface area contributed by atoms with Crippen LogP contribution in [-0.4, -0.2) is 49.7 Å². The number of nitrogens with zero attached hydrogens (tertiary/aromatic N) is 5. The van der Waals surface area contributed by atoms with E-state index in [1.165, 1.54) is 41.9 Å². The fourth-order valence-corrected chi connectivity index (χ4v) is 3.19. The number of halogens is 3. The summed E-state index contributed by atoms with van der Waals surface area (Å²) in [7, 11) is 0. The number of anilines is 1. The van der Waals surface area contributed by atoms with Gasteiger partial charge in [-0.3, -0.25) is 19.7 Å². The second-order valence-corrected chi connectivity index (χ2v) is 7.12. The van der Waals surface area contributed by atoms with Gasteiger partial charge in [0, 0.05) is 18.7 Å². The van der Waals surface area contributed by atoms with Crippen LogP contribution in [0.2, 0.25) is 0 Å². The third kappa shape index (κ3) is 5.19. The summed E-state index contributed by atoms with van der Waals surface area (Å²) >= 11 is 0. The van der Waals surface area contributed by atoms with E-state index >= 15 is 0 Å². The Balaban J connectivity index is 1.79. The van der Waals surface area contributed by atoms with Gasteiger partial charge in [-0.1, -0.05) is 23.4 Å². The van der Waals surface area contributed by atoms with Crippen molar-refractivity contribution in [3.63, 3.8) is 0 Å². The first-order valence-corrected chi connectivity index (χ1v) is 9.95. The Bertz CT molecular complexity index is 1240. The highest BCUT2D eigenvalue weighted by atomic mass is 19.4. The lowest BCUT2D eigenvalue weighted by Gasteiger charge is -2.20. The van der Waals surface area contributed by atoms with Gasteiger partial charge in [0.2, 0.25) is 5.91 Å². The van der Waals surface area contributed by atoms with Gasteiger partial charge in [-0.2, -0.15) is 13.2 Å². The summed E-state index contributed by atoms with van der Waals surface area (Å²) in [5.74, 6) is -1.49. The first-order valence-electron chi connectivity index (χ1n) is 9.95. The quantitative estimate of drug-likeness (QED) is 0.411. The number of carbonyl (C=O) groups excluding carboxylic acids is 2. The van der Waals surface area contributed by atoms with Gasteiger partial charge >= 0.3 is 6.18 Å². The minimum absolute atomic E-state index is 0.0658. The number of alkyl halides is 3. The summed E-state index contributed by atoms with van der Waals surface area (Å²) < 4.78 is 40.7. The Labute approximate surface area is 191 Å². The predicted molar refractivity (Wildman–Crippen MR) is 114 cm³/mol. The maximum Gasteiger partial charge on any atom is 0.418 e. The number of carbonyl (C=O) groups is 2. The standard InChI is InChI=1S/C21H19F3N6O4/c1-3-28(12-18(31)25-17-10-5-4-9-16(17)21(22,23)24)20(32)19-13(2)29(27-26-19)14-7-6-8-15(11-14)30(33)34/h4-11H,3,12H2,1-2H3,(H,25,31). The van der Waals surface area contributed by atoms with Gasteiger partial charge in [-0.05, 0) is 32.0 Å². The van der Waals surface area contributed by atoms with Crippen LogP contribution >= 0.6 is 0 Å². The Morgan fingerprint density at radius 3 is 2.53 bits per heavy atom. The predicted octanol–water partition coefficient (Wildman–Crippen LogP) is 3.60. The molecule has 1 heterocycles. The van der Waals surface area contributed by atoms with Crippen molar-refractivity contribution in [2.75, 3.05) is 18.4 Å². The molecule has 3 aromatic rings. The first kappa shape index (κ1) is 24.4. The molecule has 10 nitrogen and oxygen atoms in total. The highest BCUT2D eigenvalue weighted by Gasteiger charge is 2.34. The molecule has 0 spiro atoms. The average molecular weight is 476 g/mol. The van der Waals surface area contributed by atoms with Crippen molar-refractivity contribution >= 4 is 23.2 Å². The molecular formula is C21H19F3N6O4.